The van der Waals surface area contributed by atoms with Gasteiger partial charge in [0.2, 0.25) is 0 Å². The second kappa shape index (κ2) is 3.51. The normalized spacial score (nSPS) is 11.3. The molecule has 0 aliphatic heterocycles. The summed E-state index contributed by atoms with van der Waals surface area (Å²) < 4.78 is 12.3. The summed E-state index contributed by atoms with van der Waals surface area (Å²) in [5, 5.41) is 11.8. The highest BCUT2D eigenvalue weighted by atomic mass is 19.1. The standard InChI is InChI=1S/C7H11FN4O/c1-7(2,4-8)10-6(13)5-3-9-12-11-5/h3H,4H2,1-2H3,(H,10,13)(H,9,11,12). The second-order valence-electron chi connectivity index (χ2n) is 3.33. The molecule has 0 atom stereocenters. The maximum Gasteiger partial charge on any atom is 0.273 e. The maximum atomic E-state index is 12.3. The lowest BCUT2D eigenvalue weighted by Gasteiger charge is -2.21. The van der Waals surface area contributed by atoms with E-state index in [0.29, 0.717) is 0 Å². The smallest absolute Gasteiger partial charge is 0.273 e. The largest absolute Gasteiger partial charge is 0.343 e. The fourth-order valence-electron chi connectivity index (χ4n) is 0.716. The molecule has 0 saturated heterocycles. The topological polar surface area (TPSA) is 70.7 Å². The van der Waals surface area contributed by atoms with Gasteiger partial charge in [-0.3, -0.25) is 4.79 Å². The van der Waals surface area contributed by atoms with E-state index in [1.165, 1.54) is 6.20 Å². The van der Waals surface area contributed by atoms with Crippen molar-refractivity contribution in [1.29, 1.82) is 0 Å². The van der Waals surface area contributed by atoms with E-state index in [1.54, 1.807) is 13.8 Å². The van der Waals surface area contributed by atoms with Gasteiger partial charge in [0.05, 0.1) is 11.7 Å². The zero-order valence-corrected chi connectivity index (χ0v) is 7.47. The van der Waals surface area contributed by atoms with Gasteiger partial charge in [-0.25, -0.2) is 4.39 Å². The third-order valence-corrected chi connectivity index (χ3v) is 1.43. The number of halogens is 1. The molecule has 0 radical (unpaired) electrons. The van der Waals surface area contributed by atoms with Crippen LogP contribution in [0.25, 0.3) is 0 Å². The van der Waals surface area contributed by atoms with Crippen LogP contribution in [0.5, 0.6) is 0 Å². The maximum absolute atomic E-state index is 12.3. The van der Waals surface area contributed by atoms with Gasteiger partial charge in [-0.1, -0.05) is 0 Å². The number of amides is 1. The van der Waals surface area contributed by atoms with Crippen molar-refractivity contribution in [1.82, 2.24) is 20.7 Å². The molecule has 0 saturated carbocycles. The van der Waals surface area contributed by atoms with Crippen LogP contribution in [0, 0.1) is 0 Å². The summed E-state index contributed by atoms with van der Waals surface area (Å²) in [7, 11) is 0. The van der Waals surface area contributed by atoms with Crippen LogP contribution < -0.4 is 5.32 Å². The number of aromatic amines is 1. The zero-order chi connectivity index (χ0) is 9.90. The Hall–Kier alpha value is -1.46. The third kappa shape index (κ3) is 2.50. The van der Waals surface area contributed by atoms with Crippen LogP contribution in [0.2, 0.25) is 0 Å². The lowest BCUT2D eigenvalue weighted by Crippen LogP contribution is -2.45. The SMILES string of the molecule is CC(C)(CF)NC(=O)c1cn[nH]n1. The van der Waals surface area contributed by atoms with Crippen LogP contribution in [0.4, 0.5) is 4.39 Å². The molecule has 0 fully saturated rings. The molecule has 1 aromatic heterocycles. The van der Waals surface area contributed by atoms with Gasteiger partial charge in [-0.2, -0.15) is 15.4 Å². The summed E-state index contributed by atoms with van der Waals surface area (Å²) in [6.45, 7) is 2.55. The van der Waals surface area contributed by atoms with Crippen LogP contribution in [0.15, 0.2) is 6.20 Å². The van der Waals surface area contributed by atoms with Crippen molar-refractivity contribution in [2.24, 2.45) is 0 Å². The first-order valence-corrected chi connectivity index (χ1v) is 3.79. The number of hydrogen-bond donors (Lipinski definition) is 2. The van der Waals surface area contributed by atoms with Crippen LogP contribution in [0.3, 0.4) is 0 Å². The first-order valence-electron chi connectivity index (χ1n) is 3.79. The predicted molar refractivity (Wildman–Crippen MR) is 43.9 cm³/mol. The molecule has 0 aliphatic rings. The summed E-state index contributed by atoms with van der Waals surface area (Å²) in [4.78, 5) is 11.3. The molecule has 0 bridgehead atoms. The average molecular weight is 186 g/mol. The quantitative estimate of drug-likeness (QED) is 0.712. The number of aromatic nitrogens is 3. The number of hydrogen-bond acceptors (Lipinski definition) is 3. The van der Waals surface area contributed by atoms with Crippen molar-refractivity contribution in [3.8, 4) is 0 Å². The first-order chi connectivity index (χ1) is 6.05. The number of rotatable bonds is 3. The fourth-order valence-corrected chi connectivity index (χ4v) is 0.716. The van der Waals surface area contributed by atoms with E-state index in [-0.39, 0.29) is 5.69 Å². The number of nitrogens with zero attached hydrogens (tertiary/aromatic N) is 2. The molecule has 1 aromatic rings. The summed E-state index contributed by atoms with van der Waals surface area (Å²) in [6.07, 6.45) is 1.28. The Bertz CT molecular complexity index is 283. The summed E-state index contributed by atoms with van der Waals surface area (Å²) >= 11 is 0. The van der Waals surface area contributed by atoms with E-state index in [2.05, 4.69) is 20.7 Å². The van der Waals surface area contributed by atoms with Crippen molar-refractivity contribution in [2.45, 2.75) is 19.4 Å². The number of H-pyrrole nitrogens is 1. The van der Waals surface area contributed by atoms with Crippen molar-refractivity contribution in [3.63, 3.8) is 0 Å². The molecule has 72 valence electrons. The first kappa shape index (κ1) is 9.63. The third-order valence-electron chi connectivity index (χ3n) is 1.43. The number of alkyl halides is 1. The monoisotopic (exact) mass is 186 g/mol. The van der Waals surface area contributed by atoms with Gasteiger partial charge in [0.15, 0.2) is 5.69 Å². The molecular weight excluding hydrogens is 175 g/mol. The van der Waals surface area contributed by atoms with E-state index in [4.69, 9.17) is 0 Å². The lowest BCUT2D eigenvalue weighted by molar-refractivity contribution is 0.0894. The molecule has 0 aliphatic carbocycles. The molecule has 0 unspecified atom stereocenters. The Morgan fingerprint density at radius 1 is 1.77 bits per heavy atom. The zero-order valence-electron chi connectivity index (χ0n) is 7.47. The van der Waals surface area contributed by atoms with E-state index >= 15 is 0 Å². The van der Waals surface area contributed by atoms with Gasteiger partial charge in [0, 0.05) is 0 Å². The molecule has 2 N–H and O–H groups in total. The van der Waals surface area contributed by atoms with Crippen LogP contribution in [-0.4, -0.2) is 33.5 Å². The highest BCUT2D eigenvalue weighted by Crippen LogP contribution is 2.03. The Balaban J connectivity index is 2.61. The van der Waals surface area contributed by atoms with Gasteiger partial charge < -0.3 is 5.32 Å². The average Bonchev–Trinajstić information content (AvgIpc) is 2.55. The second-order valence-corrected chi connectivity index (χ2v) is 3.33. The Labute approximate surface area is 74.7 Å². The van der Waals surface area contributed by atoms with Gasteiger partial charge in [-0.15, -0.1) is 0 Å². The van der Waals surface area contributed by atoms with Crippen LogP contribution >= 0.6 is 0 Å². The molecule has 0 aromatic carbocycles. The Morgan fingerprint density at radius 2 is 2.46 bits per heavy atom. The highest BCUT2D eigenvalue weighted by Gasteiger charge is 2.21. The van der Waals surface area contributed by atoms with Crippen molar-refractivity contribution in [3.05, 3.63) is 11.9 Å². The minimum Gasteiger partial charge on any atom is -0.343 e. The van der Waals surface area contributed by atoms with E-state index < -0.39 is 18.1 Å². The van der Waals surface area contributed by atoms with E-state index in [1.807, 2.05) is 0 Å². The Morgan fingerprint density at radius 3 is 2.92 bits per heavy atom. The highest BCUT2D eigenvalue weighted by molar-refractivity contribution is 5.92. The number of carbonyl (C=O) groups excluding carboxylic acids is 1. The molecule has 0 spiro atoms. The fraction of sp³-hybridized carbons (Fsp3) is 0.571. The summed E-state index contributed by atoms with van der Waals surface area (Å²) in [5.41, 5.74) is -0.711. The molecule has 13 heavy (non-hydrogen) atoms. The molecule has 6 heteroatoms. The van der Waals surface area contributed by atoms with E-state index in [0.717, 1.165) is 0 Å². The molecule has 5 nitrogen and oxygen atoms in total. The number of carbonyl (C=O) groups is 1. The van der Waals surface area contributed by atoms with E-state index in [9.17, 15) is 9.18 Å². The van der Waals surface area contributed by atoms with Crippen molar-refractivity contribution in [2.75, 3.05) is 6.67 Å². The predicted octanol–water partition coefficient (Wildman–Crippen LogP) is 0.283. The Kier molecular flexibility index (Phi) is 2.60. The van der Waals surface area contributed by atoms with Gasteiger partial charge in [0.25, 0.3) is 5.91 Å². The molecule has 1 heterocycles. The minimum atomic E-state index is -0.865. The van der Waals surface area contributed by atoms with Gasteiger partial charge in [0.1, 0.15) is 6.67 Å². The molecule has 1 amide bonds. The summed E-state index contributed by atoms with van der Waals surface area (Å²) in [6, 6.07) is 0. The molecular formula is C7H11FN4O. The van der Waals surface area contributed by atoms with Gasteiger partial charge >= 0.3 is 0 Å². The lowest BCUT2D eigenvalue weighted by atomic mass is 10.1. The minimum absolute atomic E-state index is 0.154. The van der Waals surface area contributed by atoms with Crippen LogP contribution in [-0.2, 0) is 0 Å². The van der Waals surface area contributed by atoms with Crippen LogP contribution in [0.1, 0.15) is 24.3 Å². The summed E-state index contributed by atoms with van der Waals surface area (Å²) in [5.74, 6) is -0.434. The van der Waals surface area contributed by atoms with Crippen molar-refractivity contribution < 1.29 is 9.18 Å². The molecule has 1 rings (SSSR count). The van der Waals surface area contributed by atoms with Gasteiger partial charge in [-0.05, 0) is 13.8 Å². The number of nitrogens with one attached hydrogen (secondary N) is 2. The van der Waals surface area contributed by atoms with Crippen molar-refractivity contribution >= 4 is 5.91 Å².